The van der Waals surface area contributed by atoms with E-state index in [1.165, 1.54) is 19.4 Å². The number of hydrogen-bond acceptors (Lipinski definition) is 2. The molecule has 1 aliphatic carbocycles. The standard InChI is InChI=1S/C10H17NOS/c1-7-2-8(3-7)4-11-5-10-9(11)6-13(10)12/h7-10H,2-6H2,1H3/t7?,8?,9-,10?,13?/m1/s1. The van der Waals surface area contributed by atoms with E-state index in [4.69, 9.17) is 0 Å². The fraction of sp³-hybridized carbons (Fsp3) is 1.00. The fourth-order valence-electron chi connectivity index (χ4n) is 2.99. The van der Waals surface area contributed by atoms with Gasteiger partial charge in [-0.15, -0.1) is 0 Å². The van der Waals surface area contributed by atoms with Crippen LogP contribution < -0.4 is 0 Å². The van der Waals surface area contributed by atoms with Crippen LogP contribution in [0.15, 0.2) is 0 Å². The number of rotatable bonds is 2. The zero-order valence-corrected chi connectivity index (χ0v) is 8.93. The molecule has 2 aliphatic heterocycles. The Morgan fingerprint density at radius 3 is 2.69 bits per heavy atom. The molecule has 0 aromatic heterocycles. The van der Waals surface area contributed by atoms with Crippen molar-refractivity contribution in [3.8, 4) is 0 Å². The van der Waals surface area contributed by atoms with Gasteiger partial charge < -0.3 is 0 Å². The fourth-order valence-corrected chi connectivity index (χ4v) is 4.63. The summed E-state index contributed by atoms with van der Waals surface area (Å²) in [5, 5.41) is 0.567. The van der Waals surface area contributed by atoms with Crippen LogP contribution in [0.5, 0.6) is 0 Å². The predicted molar refractivity (Wildman–Crippen MR) is 54.0 cm³/mol. The molecule has 2 unspecified atom stereocenters. The Kier molecular flexibility index (Phi) is 1.81. The van der Waals surface area contributed by atoms with Crippen molar-refractivity contribution in [1.29, 1.82) is 0 Å². The van der Waals surface area contributed by atoms with Gasteiger partial charge in [-0.1, -0.05) is 6.92 Å². The Morgan fingerprint density at radius 1 is 1.46 bits per heavy atom. The number of fused-ring (bicyclic) bond motifs is 1. The SMILES string of the molecule is CC1CC(CN2CC3[C@H]2CS3=O)C1. The molecule has 0 aromatic rings. The Hall–Kier alpha value is 0.110. The highest BCUT2D eigenvalue weighted by Crippen LogP contribution is 2.39. The second-order valence-corrected chi connectivity index (χ2v) is 6.75. The molecule has 2 heterocycles. The van der Waals surface area contributed by atoms with E-state index >= 15 is 0 Å². The van der Waals surface area contributed by atoms with E-state index in [0.29, 0.717) is 5.25 Å². The van der Waals surface area contributed by atoms with E-state index < -0.39 is 10.8 Å². The van der Waals surface area contributed by atoms with Gasteiger partial charge in [0.1, 0.15) is 0 Å². The minimum atomic E-state index is -0.448. The van der Waals surface area contributed by atoms with Crippen molar-refractivity contribution in [1.82, 2.24) is 4.90 Å². The van der Waals surface area contributed by atoms with Gasteiger partial charge in [0.05, 0.1) is 5.25 Å². The van der Waals surface area contributed by atoms with Crippen LogP contribution in [-0.4, -0.2) is 39.2 Å². The summed E-state index contributed by atoms with van der Waals surface area (Å²) in [6.45, 7) is 4.76. The first-order valence-corrected chi connectivity index (χ1v) is 6.73. The van der Waals surface area contributed by atoms with Gasteiger partial charge >= 0.3 is 0 Å². The first kappa shape index (κ1) is 8.42. The molecule has 3 heteroatoms. The lowest BCUT2D eigenvalue weighted by Crippen LogP contribution is -2.72. The zero-order chi connectivity index (χ0) is 9.00. The summed E-state index contributed by atoms with van der Waals surface area (Å²) < 4.78 is 11.1. The van der Waals surface area contributed by atoms with Gasteiger partial charge in [-0.3, -0.25) is 9.11 Å². The largest absolute Gasteiger partial charge is 0.297 e. The second kappa shape index (κ2) is 2.80. The topological polar surface area (TPSA) is 20.3 Å². The van der Waals surface area contributed by atoms with E-state index in [2.05, 4.69) is 11.8 Å². The smallest absolute Gasteiger partial charge is 0.0639 e. The van der Waals surface area contributed by atoms with Crippen LogP contribution in [-0.2, 0) is 10.8 Å². The first-order chi connectivity index (χ1) is 6.24. The van der Waals surface area contributed by atoms with Crippen molar-refractivity contribution in [3.63, 3.8) is 0 Å². The van der Waals surface area contributed by atoms with Crippen molar-refractivity contribution < 1.29 is 4.21 Å². The average molecular weight is 199 g/mol. The predicted octanol–water partition coefficient (Wildman–Crippen LogP) is 0.848. The molecular weight excluding hydrogens is 182 g/mol. The number of nitrogens with zero attached hydrogens (tertiary/aromatic N) is 1. The zero-order valence-electron chi connectivity index (χ0n) is 8.11. The third kappa shape index (κ3) is 1.20. The van der Waals surface area contributed by atoms with Gasteiger partial charge in [0.2, 0.25) is 0 Å². The molecule has 0 N–H and O–H groups in total. The quantitative estimate of drug-likeness (QED) is 0.657. The van der Waals surface area contributed by atoms with Crippen molar-refractivity contribution in [2.24, 2.45) is 11.8 Å². The van der Waals surface area contributed by atoms with E-state index in [0.717, 1.165) is 30.2 Å². The summed E-state index contributed by atoms with van der Waals surface area (Å²) in [6, 6.07) is 0.719. The molecule has 2 saturated heterocycles. The van der Waals surface area contributed by atoms with Gasteiger partial charge in [-0.2, -0.15) is 0 Å². The Labute approximate surface area is 82.1 Å². The average Bonchev–Trinajstić information content (AvgIpc) is 2.03. The lowest BCUT2D eigenvalue weighted by molar-refractivity contribution is 0.0441. The molecule has 0 aromatic carbocycles. The van der Waals surface area contributed by atoms with Gasteiger partial charge in [-0.05, 0) is 24.7 Å². The summed E-state index contributed by atoms with van der Waals surface area (Å²) in [6.07, 6.45) is 2.86. The van der Waals surface area contributed by atoms with Gasteiger partial charge in [-0.25, -0.2) is 0 Å². The van der Waals surface area contributed by atoms with Crippen LogP contribution in [0.3, 0.4) is 0 Å². The second-order valence-electron chi connectivity index (χ2n) is 5.05. The monoisotopic (exact) mass is 199 g/mol. The summed E-state index contributed by atoms with van der Waals surface area (Å²) >= 11 is 0. The highest BCUT2D eigenvalue weighted by molar-refractivity contribution is 7.87. The first-order valence-electron chi connectivity index (χ1n) is 5.35. The molecule has 0 spiro atoms. The highest BCUT2D eigenvalue weighted by atomic mass is 32.2. The highest BCUT2D eigenvalue weighted by Gasteiger charge is 2.52. The molecule has 3 fully saturated rings. The van der Waals surface area contributed by atoms with Crippen LogP contribution in [0.2, 0.25) is 0 Å². The summed E-state index contributed by atoms with van der Waals surface area (Å²) in [5.74, 6) is 2.90. The van der Waals surface area contributed by atoms with Crippen LogP contribution in [0.4, 0.5) is 0 Å². The number of likely N-dealkylation sites (tertiary alicyclic amines) is 1. The third-order valence-electron chi connectivity index (χ3n) is 3.95. The summed E-state index contributed by atoms with van der Waals surface area (Å²) in [5.41, 5.74) is 0. The molecule has 0 bridgehead atoms. The van der Waals surface area contributed by atoms with Crippen LogP contribution in [0.25, 0.3) is 0 Å². The molecule has 3 aliphatic rings. The Bertz CT molecular complexity index is 249. The maximum atomic E-state index is 11.1. The van der Waals surface area contributed by atoms with Crippen molar-refractivity contribution >= 4 is 10.8 Å². The maximum Gasteiger partial charge on any atom is 0.0639 e. The van der Waals surface area contributed by atoms with Gasteiger partial charge in [0, 0.05) is 35.7 Å². The minimum Gasteiger partial charge on any atom is -0.297 e. The van der Waals surface area contributed by atoms with E-state index in [1.54, 1.807) is 0 Å². The van der Waals surface area contributed by atoms with Crippen LogP contribution in [0.1, 0.15) is 19.8 Å². The number of hydrogen-bond donors (Lipinski definition) is 0. The molecule has 1 saturated carbocycles. The summed E-state index contributed by atoms with van der Waals surface area (Å²) in [7, 11) is -0.448. The van der Waals surface area contributed by atoms with Gasteiger partial charge in [0.15, 0.2) is 0 Å². The summed E-state index contributed by atoms with van der Waals surface area (Å²) in [4.78, 5) is 2.56. The van der Waals surface area contributed by atoms with Gasteiger partial charge in [0.25, 0.3) is 0 Å². The molecule has 0 amide bonds. The van der Waals surface area contributed by atoms with E-state index in [1.807, 2.05) is 0 Å². The lowest BCUT2D eigenvalue weighted by Gasteiger charge is -2.56. The minimum absolute atomic E-state index is 0.448. The van der Waals surface area contributed by atoms with Crippen molar-refractivity contribution in [2.45, 2.75) is 31.1 Å². The Balaban J connectivity index is 1.46. The van der Waals surface area contributed by atoms with E-state index in [9.17, 15) is 4.21 Å². The molecule has 13 heavy (non-hydrogen) atoms. The molecular formula is C10H17NOS. The normalized spacial score (nSPS) is 54.4. The van der Waals surface area contributed by atoms with Crippen LogP contribution in [0, 0.1) is 11.8 Å². The molecule has 3 rings (SSSR count). The third-order valence-corrected chi connectivity index (χ3v) is 5.76. The molecule has 0 radical (unpaired) electrons. The Morgan fingerprint density at radius 2 is 2.23 bits per heavy atom. The molecule has 2 nitrogen and oxygen atoms in total. The van der Waals surface area contributed by atoms with E-state index in [-0.39, 0.29) is 0 Å². The van der Waals surface area contributed by atoms with Crippen molar-refractivity contribution in [2.75, 3.05) is 18.8 Å². The maximum absolute atomic E-state index is 11.1. The van der Waals surface area contributed by atoms with Crippen LogP contribution >= 0.6 is 0 Å². The van der Waals surface area contributed by atoms with Crippen molar-refractivity contribution in [3.05, 3.63) is 0 Å². The lowest BCUT2D eigenvalue weighted by atomic mass is 9.75. The molecule has 74 valence electrons. The molecule has 3 atom stereocenters.